The number of fused-ring (bicyclic) bond motifs is 1. The molecule has 0 radical (unpaired) electrons. The Morgan fingerprint density at radius 3 is 2.52 bits per heavy atom. The molecule has 13 heteroatoms. The fourth-order valence-electron chi connectivity index (χ4n) is 6.78. The van der Waals surface area contributed by atoms with Crippen LogP contribution < -0.4 is 19.3 Å². The molecule has 3 aromatic carbocycles. The highest BCUT2D eigenvalue weighted by atomic mass is 19.1. The number of carbonyl (C=O) groups excluding carboxylic acids is 1. The summed E-state index contributed by atoms with van der Waals surface area (Å²) in [6.45, 7) is 6.60. The number of aromatic nitrogens is 4. The van der Waals surface area contributed by atoms with E-state index in [1.54, 1.807) is 26.4 Å². The van der Waals surface area contributed by atoms with Crippen LogP contribution in [0, 0.1) is 11.6 Å². The van der Waals surface area contributed by atoms with Crippen LogP contribution >= 0.6 is 0 Å². The molecule has 0 unspecified atom stereocenters. The molecule has 260 valence electrons. The minimum atomic E-state index is -0.587. The average molecular weight is 684 g/mol. The Labute approximate surface area is 288 Å². The summed E-state index contributed by atoms with van der Waals surface area (Å²) in [7, 11) is 3.19. The van der Waals surface area contributed by atoms with E-state index in [-0.39, 0.29) is 36.5 Å². The topological polar surface area (TPSA) is 110 Å². The molecule has 0 aliphatic carbocycles. The van der Waals surface area contributed by atoms with Gasteiger partial charge in [0.1, 0.15) is 35.3 Å². The zero-order valence-electron chi connectivity index (χ0n) is 28.5. The Hall–Kier alpha value is -5.17. The van der Waals surface area contributed by atoms with Crippen LogP contribution in [0.3, 0.4) is 0 Å². The fourth-order valence-corrected chi connectivity index (χ4v) is 6.78. The summed E-state index contributed by atoms with van der Waals surface area (Å²) in [6, 6.07) is 13.0. The van der Waals surface area contributed by atoms with E-state index >= 15 is 8.78 Å². The highest BCUT2D eigenvalue weighted by molar-refractivity contribution is 6.00. The molecular weight excluding hydrogens is 644 g/mol. The van der Waals surface area contributed by atoms with Gasteiger partial charge in [-0.2, -0.15) is 4.98 Å². The van der Waals surface area contributed by atoms with Crippen LogP contribution in [0.15, 0.2) is 59.4 Å². The quantitative estimate of drug-likeness (QED) is 0.167. The largest absolute Gasteiger partial charge is 0.497 e. The summed E-state index contributed by atoms with van der Waals surface area (Å²) >= 11 is 0. The van der Waals surface area contributed by atoms with E-state index < -0.39 is 11.6 Å². The van der Waals surface area contributed by atoms with Crippen molar-refractivity contribution >= 4 is 28.3 Å². The van der Waals surface area contributed by atoms with E-state index in [0.717, 1.165) is 24.2 Å². The van der Waals surface area contributed by atoms with Gasteiger partial charge in [-0.05, 0) is 48.7 Å². The summed E-state index contributed by atoms with van der Waals surface area (Å²) < 4.78 is 47.5. The first-order valence-corrected chi connectivity index (χ1v) is 16.8. The fraction of sp³-hybridized carbons (Fsp3) is 0.378. The van der Waals surface area contributed by atoms with Gasteiger partial charge < -0.3 is 18.9 Å². The molecule has 0 N–H and O–H groups in total. The van der Waals surface area contributed by atoms with Crippen molar-refractivity contribution in [2.45, 2.75) is 51.5 Å². The molecule has 4 heterocycles. The summed E-state index contributed by atoms with van der Waals surface area (Å²) in [5.74, 6) is 2.40. The lowest BCUT2D eigenvalue weighted by molar-refractivity contribution is -0.121. The average Bonchev–Trinajstić information content (AvgIpc) is 3.63. The number of carbonyl (C=O) groups is 1. The maximum absolute atomic E-state index is 15.9. The van der Waals surface area contributed by atoms with Crippen LogP contribution in [-0.2, 0) is 11.3 Å². The number of halogens is 2. The molecule has 50 heavy (non-hydrogen) atoms. The first-order chi connectivity index (χ1) is 24.2. The number of rotatable bonds is 9. The van der Waals surface area contributed by atoms with Crippen molar-refractivity contribution in [1.29, 1.82) is 0 Å². The van der Waals surface area contributed by atoms with E-state index in [9.17, 15) is 4.79 Å². The molecule has 2 aliphatic rings. The van der Waals surface area contributed by atoms with Crippen molar-refractivity contribution in [3.8, 4) is 22.6 Å². The molecule has 0 bridgehead atoms. The van der Waals surface area contributed by atoms with Crippen molar-refractivity contribution in [3.05, 3.63) is 83.8 Å². The minimum absolute atomic E-state index is 0.158. The predicted molar refractivity (Wildman–Crippen MR) is 184 cm³/mol. The second kappa shape index (κ2) is 14.0. The summed E-state index contributed by atoms with van der Waals surface area (Å²) in [6.07, 6.45) is 3.28. The highest BCUT2D eigenvalue weighted by Gasteiger charge is 2.29. The van der Waals surface area contributed by atoms with Gasteiger partial charge in [-0.15, -0.1) is 0 Å². The SMILES string of the molecule is COc1ccc(CN2CCC(=O)N(c3ccc(-c4cc(F)cc5c(N6CCC(c7noc(C(C)C)n7)CC6)ncnc45)cc3F)C2)c(OC)c1. The number of methoxy groups -OCH3 is 2. The van der Waals surface area contributed by atoms with Gasteiger partial charge in [-0.3, -0.25) is 14.6 Å². The Morgan fingerprint density at radius 1 is 0.980 bits per heavy atom. The maximum atomic E-state index is 15.9. The Bertz CT molecular complexity index is 2030. The number of hydrogen-bond acceptors (Lipinski definition) is 10. The lowest BCUT2D eigenvalue weighted by Crippen LogP contribution is -2.48. The van der Waals surface area contributed by atoms with Gasteiger partial charge >= 0.3 is 0 Å². The lowest BCUT2D eigenvalue weighted by atomic mass is 9.95. The molecule has 2 saturated heterocycles. The maximum Gasteiger partial charge on any atom is 0.229 e. The molecule has 2 aliphatic heterocycles. The molecule has 7 rings (SSSR count). The lowest BCUT2D eigenvalue weighted by Gasteiger charge is -2.35. The Balaban J connectivity index is 1.11. The molecule has 2 fully saturated rings. The molecule has 0 saturated carbocycles. The number of nitrogens with zero attached hydrogens (tertiary/aromatic N) is 7. The zero-order valence-corrected chi connectivity index (χ0v) is 28.5. The van der Waals surface area contributed by atoms with E-state index in [4.69, 9.17) is 14.0 Å². The van der Waals surface area contributed by atoms with Crippen LogP contribution in [0.1, 0.15) is 62.2 Å². The van der Waals surface area contributed by atoms with Gasteiger partial charge in [-0.25, -0.2) is 18.7 Å². The predicted octanol–water partition coefficient (Wildman–Crippen LogP) is 6.68. The number of piperidine rings is 1. The Kier molecular flexibility index (Phi) is 9.32. The number of benzene rings is 3. The normalized spacial score (nSPS) is 16.1. The number of hydrogen-bond donors (Lipinski definition) is 0. The van der Waals surface area contributed by atoms with Gasteiger partial charge in [0.15, 0.2) is 5.82 Å². The first-order valence-electron chi connectivity index (χ1n) is 16.8. The van der Waals surface area contributed by atoms with Crippen LogP contribution in [-0.4, -0.2) is 71.4 Å². The van der Waals surface area contributed by atoms with E-state index in [0.29, 0.717) is 71.4 Å². The second-order valence-corrected chi connectivity index (χ2v) is 13.1. The van der Waals surface area contributed by atoms with E-state index in [1.807, 2.05) is 32.0 Å². The van der Waals surface area contributed by atoms with Crippen molar-refractivity contribution in [1.82, 2.24) is 25.0 Å². The number of anilines is 2. The third-order valence-corrected chi connectivity index (χ3v) is 9.52. The van der Waals surface area contributed by atoms with Crippen LogP contribution in [0.25, 0.3) is 22.0 Å². The van der Waals surface area contributed by atoms with Crippen molar-refractivity contribution < 1.29 is 27.6 Å². The number of ether oxygens (including phenoxy) is 2. The van der Waals surface area contributed by atoms with Crippen LogP contribution in [0.4, 0.5) is 20.3 Å². The van der Waals surface area contributed by atoms with Crippen molar-refractivity contribution in [2.75, 3.05) is 50.3 Å². The van der Waals surface area contributed by atoms with Crippen molar-refractivity contribution in [3.63, 3.8) is 0 Å². The van der Waals surface area contributed by atoms with Crippen molar-refractivity contribution in [2.24, 2.45) is 0 Å². The van der Waals surface area contributed by atoms with Gasteiger partial charge in [0.2, 0.25) is 11.8 Å². The molecule has 5 aromatic rings. The summed E-state index contributed by atoms with van der Waals surface area (Å²) in [4.78, 5) is 32.3. The number of amides is 1. The molecule has 1 amide bonds. The first kappa shape index (κ1) is 33.3. The molecule has 0 spiro atoms. The minimum Gasteiger partial charge on any atom is -0.497 e. The molecule has 2 aromatic heterocycles. The zero-order chi connectivity index (χ0) is 34.9. The molecule has 11 nitrogen and oxygen atoms in total. The highest BCUT2D eigenvalue weighted by Crippen LogP contribution is 2.37. The Morgan fingerprint density at radius 2 is 1.80 bits per heavy atom. The van der Waals surface area contributed by atoms with Gasteiger partial charge in [0.25, 0.3) is 0 Å². The smallest absolute Gasteiger partial charge is 0.229 e. The van der Waals surface area contributed by atoms with Gasteiger partial charge in [0.05, 0.1) is 32.1 Å². The van der Waals surface area contributed by atoms with E-state index in [2.05, 4.69) is 29.9 Å². The monoisotopic (exact) mass is 683 g/mol. The standard InChI is InChI=1S/C37H39F2N7O4/c1-22(2)37-42-35(43-50-37)23-9-13-45(14-10-23)36-29-17-26(38)16-28(34(29)40-20-41-36)24-6-8-31(30(39)15-24)46-21-44(12-11-33(46)47)19-25-5-7-27(48-3)18-32(25)49-4/h5-8,15-18,20,22-23H,9-14,19,21H2,1-4H3. The summed E-state index contributed by atoms with van der Waals surface area (Å²) in [5, 5.41) is 4.75. The second-order valence-electron chi connectivity index (χ2n) is 13.1. The van der Waals surface area contributed by atoms with Crippen LogP contribution in [0.2, 0.25) is 0 Å². The third-order valence-electron chi connectivity index (χ3n) is 9.52. The van der Waals surface area contributed by atoms with Gasteiger partial charge in [0, 0.05) is 67.0 Å². The van der Waals surface area contributed by atoms with E-state index in [1.165, 1.54) is 29.4 Å². The third kappa shape index (κ3) is 6.57. The van der Waals surface area contributed by atoms with Gasteiger partial charge in [-0.1, -0.05) is 31.1 Å². The van der Waals surface area contributed by atoms with Crippen LogP contribution in [0.5, 0.6) is 11.5 Å². The summed E-state index contributed by atoms with van der Waals surface area (Å²) in [5.41, 5.74) is 2.48. The molecule has 0 atom stereocenters. The molecular formula is C37H39F2N7O4.